The number of benzene rings is 8. The Hall–Kier alpha value is -7.26. The molecule has 8 aromatic rings. The van der Waals surface area contributed by atoms with Crippen LogP contribution in [-0.4, -0.2) is 6.15 Å². The van der Waals surface area contributed by atoms with Crippen LogP contribution in [0.1, 0.15) is 26.3 Å². The van der Waals surface area contributed by atoms with E-state index in [0.717, 1.165) is 5.69 Å². The van der Waals surface area contributed by atoms with E-state index in [1.807, 2.05) is 0 Å². The first kappa shape index (κ1) is 54.5. The number of rotatable bonds is 4. The van der Waals surface area contributed by atoms with Crippen LogP contribution in [0.25, 0.3) is 32.3 Å². The van der Waals surface area contributed by atoms with Crippen LogP contribution < -0.4 is 27.6 Å². The van der Waals surface area contributed by atoms with Gasteiger partial charge in [0.2, 0.25) is 0 Å². The largest absolute Gasteiger partial charge is 0.325 e. The summed E-state index contributed by atoms with van der Waals surface area (Å²) in [6.45, 7) is 6.64. The summed E-state index contributed by atoms with van der Waals surface area (Å²) in [5, 5.41) is -18.3. The van der Waals surface area contributed by atoms with Crippen molar-refractivity contribution in [1.29, 1.82) is 0 Å². The monoisotopic (exact) mass is 1090 g/mol. The molecule has 8 rings (SSSR count). The lowest BCUT2D eigenvalue weighted by Crippen LogP contribution is -2.80. The van der Waals surface area contributed by atoms with Crippen molar-refractivity contribution in [2.24, 2.45) is 0 Å². The second-order valence-electron chi connectivity index (χ2n) is 16.9. The van der Waals surface area contributed by atoms with Crippen LogP contribution >= 0.6 is 0 Å². The Morgan fingerprint density at radius 1 is 0.243 bits per heavy atom. The van der Waals surface area contributed by atoms with Gasteiger partial charge in [-0.2, -0.15) is 0 Å². The molecule has 0 spiro atoms. The molecule has 0 heterocycles. The summed E-state index contributed by atoms with van der Waals surface area (Å²) in [5.41, 5.74) is -8.94. The van der Waals surface area contributed by atoms with Crippen LogP contribution in [-0.2, 0) is 5.41 Å². The fourth-order valence-corrected chi connectivity index (χ4v) is 8.52. The molecule has 0 aliphatic rings. The number of halogens is 26. The Balaban J connectivity index is 0.000000645. The molecule has 0 aliphatic carbocycles. The molecule has 0 bridgehead atoms. The average molecular weight is 1090 g/mol. The van der Waals surface area contributed by atoms with E-state index in [0.29, 0.717) is 0 Å². The summed E-state index contributed by atoms with van der Waals surface area (Å²) in [7, 11) is 0. The quantitative estimate of drug-likeness (QED) is 0.0787. The molecule has 0 fully saturated rings. The minimum atomic E-state index is -7.79. The molecule has 0 amide bonds. The summed E-state index contributed by atoms with van der Waals surface area (Å²) >= 11 is 0. The molecular formula is C46H16BF26N. The predicted molar refractivity (Wildman–Crippen MR) is 209 cm³/mol. The lowest BCUT2D eigenvalue weighted by Gasteiger charge is -2.45. The van der Waals surface area contributed by atoms with Crippen LogP contribution in [0.4, 0.5) is 120 Å². The van der Waals surface area contributed by atoms with Gasteiger partial charge in [-0.05, 0) is 23.1 Å². The Morgan fingerprint density at radius 3 is 0.635 bits per heavy atom. The first-order valence-electron chi connectivity index (χ1n) is 19.7. The van der Waals surface area contributed by atoms with E-state index in [9.17, 15) is 43.9 Å². The Morgan fingerprint density at radius 2 is 0.405 bits per heavy atom. The van der Waals surface area contributed by atoms with Gasteiger partial charge in [0, 0.05) is 0 Å². The highest BCUT2D eigenvalue weighted by Crippen LogP contribution is 2.39. The molecule has 0 radical (unpaired) electrons. The first-order valence-corrected chi connectivity index (χ1v) is 19.7. The highest BCUT2D eigenvalue weighted by Gasteiger charge is 2.52. The van der Waals surface area contributed by atoms with E-state index in [-0.39, 0.29) is 5.41 Å². The normalized spacial score (nSPS) is 12.2. The van der Waals surface area contributed by atoms with Gasteiger partial charge in [0.25, 0.3) is 0 Å². The van der Waals surface area contributed by atoms with Crippen molar-refractivity contribution in [2.45, 2.75) is 26.2 Å². The summed E-state index contributed by atoms with van der Waals surface area (Å²) in [4.78, 5) is 0. The lowest BCUT2D eigenvalue weighted by atomic mass is 9.12. The van der Waals surface area contributed by atoms with Gasteiger partial charge < -0.3 is 5.73 Å². The van der Waals surface area contributed by atoms with Gasteiger partial charge in [0.15, 0.2) is 105 Å². The average Bonchev–Trinajstić information content (AvgIpc) is 3.34. The molecule has 3 N–H and O–H groups in total. The van der Waals surface area contributed by atoms with Crippen LogP contribution in [0.3, 0.4) is 0 Å². The van der Waals surface area contributed by atoms with Crippen LogP contribution in [0, 0.1) is 151 Å². The van der Waals surface area contributed by atoms with E-state index in [4.69, 9.17) is 0 Å². The van der Waals surface area contributed by atoms with Crippen molar-refractivity contribution in [3.63, 3.8) is 0 Å². The number of fused-ring (bicyclic) bond motifs is 3. The summed E-state index contributed by atoms with van der Waals surface area (Å²) in [6, 6.07) is 8.39. The highest BCUT2D eigenvalue weighted by molar-refractivity contribution is 7.20. The van der Waals surface area contributed by atoms with Gasteiger partial charge in [-0.3, -0.25) is 0 Å². The molecular weight excluding hydrogens is 1070 g/mol. The van der Waals surface area contributed by atoms with Crippen molar-refractivity contribution in [2.75, 3.05) is 0 Å². The SMILES string of the molecule is CC(C)(C)c1ccc([NH3+])cc1.Fc1c(F)c(F)c([B-](c2c(F)c(F)c3c(F)c(F)c(F)c(F)c3c2F)(c2c(F)c(F)c3c(F)c(F)c(F)c(F)c3c2F)c2c(F)c(F)c3c(F)c(F)c(F)c(F)c3c2F)c(F)c1F. The molecule has 74 heavy (non-hydrogen) atoms. The smallest absolute Gasteiger partial charge is 0.200 e. The Bertz CT molecular complexity index is 3470. The van der Waals surface area contributed by atoms with Crippen molar-refractivity contribution < 1.29 is 120 Å². The lowest BCUT2D eigenvalue weighted by molar-refractivity contribution is -0.254. The van der Waals surface area contributed by atoms with Crippen molar-refractivity contribution in [3.8, 4) is 0 Å². The zero-order valence-electron chi connectivity index (χ0n) is 35.9. The number of hydrogen-bond acceptors (Lipinski definition) is 0. The van der Waals surface area contributed by atoms with Crippen molar-refractivity contribution in [1.82, 2.24) is 0 Å². The summed E-state index contributed by atoms with van der Waals surface area (Å²) in [5.74, 6) is -93.9. The predicted octanol–water partition coefficient (Wildman–Crippen LogP) is 12.0. The molecule has 0 saturated heterocycles. The standard InChI is InChI=1S/C36BF26.C10H15N/c38-11-1-4(20(47)31(58)28(55)17(1)44)14(41)23(50)7(11)37(10-26(53)34(61)36(63)35(62)27(10)54,8-12(39)2-5(15(42)24(8)51)21(48)32(59)29(56)18(2)45)9-13(40)3-6(16(43)25(9)52)22(49)33(60)30(57)19(3)46;1-10(2,3)8-4-6-9(11)7-5-8/h;4-7H,11H2,1-3H3/q-1;/p+1. The first-order chi connectivity index (χ1) is 34.2. The minimum Gasteiger partial charge on any atom is -0.325 e. The van der Waals surface area contributed by atoms with E-state index in [2.05, 4.69) is 50.8 Å². The molecule has 1 nitrogen and oxygen atoms in total. The molecule has 0 aromatic heterocycles. The number of quaternary nitrogens is 1. The minimum absolute atomic E-state index is 0.258. The summed E-state index contributed by atoms with van der Waals surface area (Å²) < 4.78 is 404. The maximum Gasteiger partial charge on any atom is 0.200 e. The van der Waals surface area contributed by atoms with E-state index in [1.54, 1.807) is 0 Å². The molecule has 0 atom stereocenters. The van der Waals surface area contributed by atoms with Crippen molar-refractivity contribution >= 4 is 66.0 Å². The van der Waals surface area contributed by atoms with Gasteiger partial charge in [-0.15, -0.1) is 21.9 Å². The Labute approximate surface area is 392 Å². The van der Waals surface area contributed by atoms with E-state index < -0.39 is 212 Å². The fourth-order valence-electron chi connectivity index (χ4n) is 8.52. The van der Waals surface area contributed by atoms with Crippen LogP contribution in [0.15, 0.2) is 24.3 Å². The highest BCUT2D eigenvalue weighted by atomic mass is 19.2. The second-order valence-corrected chi connectivity index (χ2v) is 16.9. The van der Waals surface area contributed by atoms with E-state index >= 15 is 70.2 Å². The molecule has 8 aromatic carbocycles. The zero-order valence-corrected chi connectivity index (χ0v) is 35.9. The van der Waals surface area contributed by atoms with E-state index in [1.165, 1.54) is 5.56 Å². The fraction of sp³-hybridized carbons (Fsp3) is 0.0870. The topological polar surface area (TPSA) is 27.6 Å². The summed E-state index contributed by atoms with van der Waals surface area (Å²) in [6.07, 6.45) is -7.79. The maximum absolute atomic E-state index is 17.1. The van der Waals surface area contributed by atoms with Crippen LogP contribution in [0.5, 0.6) is 0 Å². The van der Waals surface area contributed by atoms with Gasteiger partial charge >= 0.3 is 0 Å². The molecule has 0 aliphatic heterocycles. The van der Waals surface area contributed by atoms with Gasteiger partial charge in [-0.1, -0.05) is 32.9 Å². The molecule has 390 valence electrons. The third kappa shape index (κ3) is 7.38. The van der Waals surface area contributed by atoms with Gasteiger partial charge in [-0.25, -0.2) is 114 Å². The van der Waals surface area contributed by atoms with Crippen LogP contribution in [0.2, 0.25) is 0 Å². The van der Waals surface area contributed by atoms with Gasteiger partial charge in [0.1, 0.15) is 58.4 Å². The molecule has 0 unspecified atom stereocenters. The second kappa shape index (κ2) is 18.3. The zero-order chi connectivity index (χ0) is 55.8. The molecule has 28 heteroatoms. The van der Waals surface area contributed by atoms with Gasteiger partial charge in [0.05, 0.1) is 32.3 Å². The third-order valence-corrected chi connectivity index (χ3v) is 11.9. The van der Waals surface area contributed by atoms with Crippen molar-refractivity contribution in [3.05, 3.63) is 181 Å². The Kier molecular flexibility index (Phi) is 13.5. The third-order valence-electron chi connectivity index (χ3n) is 11.9. The molecule has 0 saturated carbocycles. The maximum atomic E-state index is 17.1. The number of hydrogen-bond donors (Lipinski definition) is 1.